The molecule has 30 heavy (non-hydrogen) atoms. The fourth-order valence-corrected chi connectivity index (χ4v) is 4.44. The van der Waals surface area contributed by atoms with Gasteiger partial charge in [0.25, 0.3) is 0 Å². The summed E-state index contributed by atoms with van der Waals surface area (Å²) in [6.45, 7) is 8.14. The molecule has 0 spiro atoms. The summed E-state index contributed by atoms with van der Waals surface area (Å²) >= 11 is 0. The number of phenolic OH excluding ortho intramolecular Hbond substituents is 2. The molecule has 6 heteroatoms. The highest BCUT2D eigenvalue weighted by molar-refractivity contribution is 5.88. The van der Waals surface area contributed by atoms with E-state index in [1.807, 2.05) is 45.9 Å². The zero-order valence-electron chi connectivity index (χ0n) is 17.7. The van der Waals surface area contributed by atoms with E-state index in [-0.39, 0.29) is 23.6 Å². The predicted molar refractivity (Wildman–Crippen MR) is 116 cm³/mol. The number of aliphatic carboxylic acids is 1. The zero-order valence-corrected chi connectivity index (χ0v) is 17.7. The van der Waals surface area contributed by atoms with E-state index in [0.717, 1.165) is 38.9 Å². The van der Waals surface area contributed by atoms with Gasteiger partial charge in [-0.2, -0.15) is 0 Å². The standard InChI is InChI=1S/C24H28N2O4/c1-11(2)15-7-13(8-16(12(3)4)23(15)28)21-22-18(10-20(26-21)24(29)30)17-9-14(27)5-6-19(17)25-22/h5-9,11-12,20-21,25-28H,10H2,1-4H3,(H,29,30)/t20-,21+/m1/s1. The Hall–Kier alpha value is -2.99. The lowest BCUT2D eigenvalue weighted by atomic mass is 9.85. The summed E-state index contributed by atoms with van der Waals surface area (Å²) in [5.41, 5.74) is 5.30. The first-order chi connectivity index (χ1) is 14.2. The smallest absolute Gasteiger partial charge is 0.321 e. The second kappa shape index (κ2) is 7.36. The summed E-state index contributed by atoms with van der Waals surface area (Å²) in [6.07, 6.45) is 0.330. The van der Waals surface area contributed by atoms with Crippen molar-refractivity contribution in [2.75, 3.05) is 0 Å². The van der Waals surface area contributed by atoms with Crippen LogP contribution in [0.2, 0.25) is 0 Å². The first-order valence-electron chi connectivity index (χ1n) is 10.4. The molecule has 3 aromatic rings. The number of aromatic nitrogens is 1. The van der Waals surface area contributed by atoms with Crippen LogP contribution in [0.25, 0.3) is 10.9 Å². The van der Waals surface area contributed by atoms with Crippen LogP contribution in [0.3, 0.4) is 0 Å². The average molecular weight is 408 g/mol. The number of benzene rings is 2. The van der Waals surface area contributed by atoms with Gasteiger partial charge in [-0.3, -0.25) is 10.1 Å². The Labute approximate surface area is 175 Å². The van der Waals surface area contributed by atoms with Gasteiger partial charge < -0.3 is 20.3 Å². The Morgan fingerprint density at radius 3 is 2.23 bits per heavy atom. The van der Waals surface area contributed by atoms with Crippen molar-refractivity contribution in [2.24, 2.45) is 0 Å². The van der Waals surface area contributed by atoms with Crippen LogP contribution >= 0.6 is 0 Å². The van der Waals surface area contributed by atoms with Gasteiger partial charge in [0.05, 0.1) is 6.04 Å². The van der Waals surface area contributed by atoms with Gasteiger partial charge in [-0.15, -0.1) is 0 Å². The maximum absolute atomic E-state index is 11.9. The molecule has 1 aliphatic heterocycles. The van der Waals surface area contributed by atoms with E-state index in [4.69, 9.17) is 0 Å². The number of phenols is 2. The third-order valence-corrected chi connectivity index (χ3v) is 6.05. The van der Waals surface area contributed by atoms with Crippen molar-refractivity contribution in [1.82, 2.24) is 10.3 Å². The molecule has 1 aromatic heterocycles. The van der Waals surface area contributed by atoms with Gasteiger partial charge in [-0.05, 0) is 64.4 Å². The number of carboxylic acids is 1. The van der Waals surface area contributed by atoms with Crippen LogP contribution in [0.1, 0.15) is 73.5 Å². The molecule has 0 radical (unpaired) electrons. The maximum atomic E-state index is 11.9. The first kappa shape index (κ1) is 20.3. The third-order valence-electron chi connectivity index (χ3n) is 6.05. The molecule has 2 atom stereocenters. The van der Waals surface area contributed by atoms with E-state index in [9.17, 15) is 20.1 Å². The Morgan fingerprint density at radius 2 is 1.67 bits per heavy atom. The molecule has 0 amide bonds. The molecule has 2 aromatic carbocycles. The summed E-state index contributed by atoms with van der Waals surface area (Å²) in [5, 5.41) is 34.6. The molecule has 0 fully saturated rings. The van der Waals surface area contributed by atoms with Crippen LogP contribution in [-0.2, 0) is 11.2 Å². The second-order valence-electron chi connectivity index (χ2n) is 8.80. The summed E-state index contributed by atoms with van der Waals surface area (Å²) < 4.78 is 0. The van der Waals surface area contributed by atoms with Crippen LogP contribution in [0.5, 0.6) is 11.5 Å². The number of hydrogen-bond donors (Lipinski definition) is 5. The molecule has 0 saturated heterocycles. The number of nitrogens with one attached hydrogen (secondary N) is 2. The van der Waals surface area contributed by atoms with Crippen molar-refractivity contribution in [2.45, 2.75) is 58.0 Å². The van der Waals surface area contributed by atoms with E-state index < -0.39 is 12.0 Å². The fourth-order valence-electron chi connectivity index (χ4n) is 4.44. The van der Waals surface area contributed by atoms with Gasteiger partial charge in [0, 0.05) is 23.0 Å². The number of H-pyrrole nitrogens is 1. The van der Waals surface area contributed by atoms with Crippen molar-refractivity contribution in [3.8, 4) is 11.5 Å². The minimum Gasteiger partial charge on any atom is -0.508 e. The molecule has 0 unspecified atom stereocenters. The van der Waals surface area contributed by atoms with E-state index in [1.54, 1.807) is 12.1 Å². The normalized spacial score (nSPS) is 18.9. The highest BCUT2D eigenvalue weighted by Gasteiger charge is 2.34. The van der Waals surface area contributed by atoms with E-state index >= 15 is 0 Å². The lowest BCUT2D eigenvalue weighted by Crippen LogP contribution is -2.45. The summed E-state index contributed by atoms with van der Waals surface area (Å²) in [6, 6.07) is 7.95. The molecule has 1 aliphatic rings. The third kappa shape index (κ3) is 3.31. The van der Waals surface area contributed by atoms with Gasteiger partial charge >= 0.3 is 5.97 Å². The van der Waals surface area contributed by atoms with Gasteiger partial charge in [0.15, 0.2) is 0 Å². The van der Waals surface area contributed by atoms with Gasteiger partial charge in [0.1, 0.15) is 17.5 Å². The highest BCUT2D eigenvalue weighted by atomic mass is 16.4. The van der Waals surface area contributed by atoms with Crippen molar-refractivity contribution in [3.63, 3.8) is 0 Å². The maximum Gasteiger partial charge on any atom is 0.321 e. The second-order valence-corrected chi connectivity index (χ2v) is 8.80. The number of carbonyl (C=O) groups is 1. The Bertz CT molecular complexity index is 1100. The molecule has 5 N–H and O–H groups in total. The Balaban J connectivity index is 1.95. The lowest BCUT2D eigenvalue weighted by molar-refractivity contribution is -0.139. The lowest BCUT2D eigenvalue weighted by Gasteiger charge is -2.31. The van der Waals surface area contributed by atoms with Crippen molar-refractivity contribution in [3.05, 3.63) is 58.3 Å². The van der Waals surface area contributed by atoms with E-state index in [2.05, 4.69) is 10.3 Å². The molecule has 0 saturated carbocycles. The van der Waals surface area contributed by atoms with Crippen LogP contribution in [0.15, 0.2) is 30.3 Å². The van der Waals surface area contributed by atoms with Crippen molar-refractivity contribution >= 4 is 16.9 Å². The van der Waals surface area contributed by atoms with Crippen LogP contribution in [0.4, 0.5) is 0 Å². The van der Waals surface area contributed by atoms with E-state index in [1.165, 1.54) is 0 Å². The van der Waals surface area contributed by atoms with Gasteiger partial charge in [-0.1, -0.05) is 27.7 Å². The number of aromatic amines is 1. The quantitative estimate of drug-likeness (QED) is 0.437. The van der Waals surface area contributed by atoms with Crippen molar-refractivity contribution < 1.29 is 20.1 Å². The van der Waals surface area contributed by atoms with Crippen LogP contribution in [-0.4, -0.2) is 32.3 Å². The largest absolute Gasteiger partial charge is 0.508 e. The minimum absolute atomic E-state index is 0.125. The van der Waals surface area contributed by atoms with Gasteiger partial charge in [0.2, 0.25) is 0 Å². The first-order valence-corrected chi connectivity index (χ1v) is 10.4. The minimum atomic E-state index is -0.910. The molecular formula is C24H28N2O4. The topological polar surface area (TPSA) is 106 Å². The van der Waals surface area contributed by atoms with Crippen LogP contribution in [0, 0.1) is 0 Å². The average Bonchev–Trinajstić information content (AvgIpc) is 3.04. The fraction of sp³-hybridized carbons (Fsp3) is 0.375. The predicted octanol–water partition coefficient (Wildman–Crippen LogP) is 4.51. The molecule has 158 valence electrons. The number of hydrogen-bond acceptors (Lipinski definition) is 4. The molecular weight excluding hydrogens is 380 g/mol. The Kier molecular flexibility index (Phi) is 4.98. The number of carboxylic acid groups (broad SMARTS) is 1. The number of fused-ring (bicyclic) bond motifs is 3. The SMILES string of the molecule is CC(C)c1cc([C@@H]2N[C@@H](C(=O)O)Cc3c2[nH]c2ccc(O)cc32)cc(C(C)C)c1O. The summed E-state index contributed by atoms with van der Waals surface area (Å²) in [4.78, 5) is 15.3. The highest BCUT2D eigenvalue weighted by Crippen LogP contribution is 2.41. The summed E-state index contributed by atoms with van der Waals surface area (Å²) in [7, 11) is 0. The molecule has 2 heterocycles. The molecule has 6 nitrogen and oxygen atoms in total. The summed E-state index contributed by atoms with van der Waals surface area (Å²) in [5.74, 6) is -0.191. The van der Waals surface area contributed by atoms with E-state index in [0.29, 0.717) is 12.2 Å². The zero-order chi connectivity index (χ0) is 21.7. The molecule has 0 bridgehead atoms. The monoisotopic (exact) mass is 408 g/mol. The van der Waals surface area contributed by atoms with Crippen molar-refractivity contribution in [1.29, 1.82) is 0 Å². The number of rotatable bonds is 4. The Morgan fingerprint density at radius 1 is 1.03 bits per heavy atom. The van der Waals surface area contributed by atoms with Gasteiger partial charge in [-0.25, -0.2) is 0 Å². The van der Waals surface area contributed by atoms with Crippen LogP contribution < -0.4 is 5.32 Å². The molecule has 4 rings (SSSR count). The number of aromatic hydroxyl groups is 2. The molecule has 0 aliphatic carbocycles.